The molecule has 0 radical (unpaired) electrons. The highest BCUT2D eigenvalue weighted by molar-refractivity contribution is 8.00. The molecule has 3 aromatic rings. The fourth-order valence-corrected chi connectivity index (χ4v) is 5.73. The van der Waals surface area contributed by atoms with Crippen molar-refractivity contribution in [3.8, 4) is 5.69 Å². The molecule has 1 heterocycles. The van der Waals surface area contributed by atoms with Gasteiger partial charge in [-0.15, -0.1) is 5.10 Å². The predicted molar refractivity (Wildman–Crippen MR) is 129 cm³/mol. The fraction of sp³-hybridized carbons (Fsp3) is 0.364. The van der Waals surface area contributed by atoms with E-state index in [1.807, 2.05) is 31.2 Å². The molecule has 0 saturated heterocycles. The number of amides is 1. The third-order valence-corrected chi connectivity index (χ3v) is 8.37. The lowest BCUT2D eigenvalue weighted by molar-refractivity contribution is -0.115. The molecule has 0 aliphatic heterocycles. The first-order valence-electron chi connectivity index (χ1n) is 10.6. The summed E-state index contributed by atoms with van der Waals surface area (Å²) in [5, 5.41) is 14.6. The number of carbonyl (C=O) groups is 1. The Kier molecular flexibility index (Phi) is 7.88. The summed E-state index contributed by atoms with van der Waals surface area (Å²) in [6.07, 6.45) is 0. The van der Waals surface area contributed by atoms with E-state index in [9.17, 15) is 13.2 Å². The van der Waals surface area contributed by atoms with Crippen LogP contribution < -0.4 is 5.32 Å². The van der Waals surface area contributed by atoms with Crippen LogP contribution in [0.2, 0.25) is 0 Å². The monoisotopic (exact) mass is 488 g/mol. The van der Waals surface area contributed by atoms with E-state index in [2.05, 4.69) is 20.8 Å². The maximum atomic E-state index is 13.0. The highest BCUT2D eigenvalue weighted by Crippen LogP contribution is 2.26. The quantitative estimate of drug-likeness (QED) is 0.460. The standard InChI is InChI=1S/C22H28N6O3S2/c1-6-27(7-2)33(30,31)20-14-18(11-10-16(20)4)23-21(29)17(5)32-22-24-25-26-28(22)19-12-8-15(3)9-13-19/h8-14,17H,6-7H2,1-5H3,(H,23,29). The van der Waals surface area contributed by atoms with E-state index in [1.54, 1.807) is 44.5 Å². The van der Waals surface area contributed by atoms with E-state index < -0.39 is 15.3 Å². The van der Waals surface area contributed by atoms with Gasteiger partial charge in [-0.05, 0) is 61.0 Å². The van der Waals surface area contributed by atoms with Crippen LogP contribution in [0.5, 0.6) is 0 Å². The van der Waals surface area contributed by atoms with Crippen LogP contribution in [0.25, 0.3) is 5.69 Å². The summed E-state index contributed by atoms with van der Waals surface area (Å²) in [6.45, 7) is 9.82. The number of rotatable bonds is 9. The van der Waals surface area contributed by atoms with Gasteiger partial charge in [0.1, 0.15) is 0 Å². The Morgan fingerprint density at radius 2 is 1.79 bits per heavy atom. The Bertz CT molecular complexity index is 1220. The van der Waals surface area contributed by atoms with Gasteiger partial charge in [-0.1, -0.05) is 49.4 Å². The van der Waals surface area contributed by atoms with Crippen LogP contribution in [0.3, 0.4) is 0 Å². The first-order chi connectivity index (χ1) is 15.7. The van der Waals surface area contributed by atoms with Gasteiger partial charge in [-0.3, -0.25) is 4.79 Å². The molecule has 1 N–H and O–H groups in total. The molecule has 3 rings (SSSR count). The molecule has 176 valence electrons. The van der Waals surface area contributed by atoms with E-state index >= 15 is 0 Å². The van der Waals surface area contributed by atoms with Gasteiger partial charge in [0.2, 0.25) is 21.1 Å². The average molecular weight is 489 g/mol. The van der Waals surface area contributed by atoms with Gasteiger partial charge in [0, 0.05) is 18.8 Å². The first kappa shape index (κ1) is 24.9. The Morgan fingerprint density at radius 1 is 1.12 bits per heavy atom. The molecule has 0 aliphatic carbocycles. The van der Waals surface area contributed by atoms with Crippen molar-refractivity contribution in [2.24, 2.45) is 0 Å². The summed E-state index contributed by atoms with van der Waals surface area (Å²) in [7, 11) is -3.64. The van der Waals surface area contributed by atoms with Gasteiger partial charge in [0.05, 0.1) is 15.8 Å². The predicted octanol–water partition coefficient (Wildman–Crippen LogP) is 3.43. The van der Waals surface area contributed by atoms with Crippen molar-refractivity contribution in [3.05, 3.63) is 53.6 Å². The van der Waals surface area contributed by atoms with Crippen LogP contribution in [-0.2, 0) is 14.8 Å². The molecule has 0 saturated carbocycles. The minimum Gasteiger partial charge on any atom is -0.325 e. The van der Waals surface area contributed by atoms with Gasteiger partial charge in [-0.2, -0.15) is 8.99 Å². The molecule has 1 amide bonds. The third kappa shape index (κ3) is 5.60. The van der Waals surface area contributed by atoms with E-state index in [-0.39, 0.29) is 10.8 Å². The SMILES string of the molecule is CCN(CC)S(=O)(=O)c1cc(NC(=O)C(C)Sc2nnnn2-c2ccc(C)cc2)ccc1C. The topological polar surface area (TPSA) is 110 Å². The summed E-state index contributed by atoms with van der Waals surface area (Å²) < 4.78 is 28.9. The number of benzene rings is 2. The Hall–Kier alpha value is -2.76. The van der Waals surface area contributed by atoms with E-state index in [4.69, 9.17) is 0 Å². The average Bonchev–Trinajstić information content (AvgIpc) is 3.24. The van der Waals surface area contributed by atoms with Crippen molar-refractivity contribution < 1.29 is 13.2 Å². The van der Waals surface area contributed by atoms with Crippen LogP contribution in [0.1, 0.15) is 31.9 Å². The van der Waals surface area contributed by atoms with Crippen molar-refractivity contribution in [1.29, 1.82) is 0 Å². The second kappa shape index (κ2) is 10.4. The molecule has 0 spiro atoms. The lowest BCUT2D eigenvalue weighted by Gasteiger charge is -2.20. The maximum absolute atomic E-state index is 13.0. The summed E-state index contributed by atoms with van der Waals surface area (Å²) >= 11 is 1.22. The zero-order chi connectivity index (χ0) is 24.2. The minimum absolute atomic E-state index is 0.188. The summed E-state index contributed by atoms with van der Waals surface area (Å²) in [6, 6.07) is 12.6. The van der Waals surface area contributed by atoms with E-state index in [0.717, 1.165) is 11.3 Å². The van der Waals surface area contributed by atoms with Gasteiger partial charge < -0.3 is 5.32 Å². The number of sulfonamides is 1. The number of tetrazole rings is 1. The van der Waals surface area contributed by atoms with E-state index in [1.165, 1.54) is 22.1 Å². The largest absolute Gasteiger partial charge is 0.325 e. The van der Waals surface area contributed by atoms with Crippen LogP contribution >= 0.6 is 11.8 Å². The Morgan fingerprint density at radius 3 is 2.42 bits per heavy atom. The summed E-state index contributed by atoms with van der Waals surface area (Å²) in [5.41, 5.74) is 2.96. The van der Waals surface area contributed by atoms with Crippen molar-refractivity contribution in [2.75, 3.05) is 18.4 Å². The van der Waals surface area contributed by atoms with Crippen molar-refractivity contribution in [2.45, 2.75) is 49.9 Å². The molecule has 0 fully saturated rings. The molecular formula is C22H28N6O3S2. The van der Waals surface area contributed by atoms with Gasteiger partial charge in [0.25, 0.3) is 0 Å². The smallest absolute Gasteiger partial charge is 0.243 e. The molecular weight excluding hydrogens is 460 g/mol. The molecule has 2 aromatic carbocycles. The normalized spacial score (nSPS) is 12.7. The molecule has 1 aromatic heterocycles. The summed E-state index contributed by atoms with van der Waals surface area (Å²) in [5.74, 6) is -0.284. The number of nitrogens with zero attached hydrogens (tertiary/aromatic N) is 5. The number of nitrogens with one attached hydrogen (secondary N) is 1. The molecule has 33 heavy (non-hydrogen) atoms. The second-order valence-electron chi connectivity index (χ2n) is 7.53. The van der Waals surface area contributed by atoms with Crippen molar-refractivity contribution in [1.82, 2.24) is 24.5 Å². The van der Waals surface area contributed by atoms with Crippen molar-refractivity contribution in [3.63, 3.8) is 0 Å². The minimum atomic E-state index is -3.64. The fourth-order valence-electron chi connectivity index (χ4n) is 3.21. The maximum Gasteiger partial charge on any atom is 0.243 e. The lowest BCUT2D eigenvalue weighted by Crippen LogP contribution is -2.31. The van der Waals surface area contributed by atoms with Gasteiger partial charge in [0.15, 0.2) is 0 Å². The Labute approximate surface area is 198 Å². The number of carbonyl (C=O) groups excluding carboxylic acids is 1. The lowest BCUT2D eigenvalue weighted by atomic mass is 10.2. The number of aryl methyl sites for hydroxylation is 2. The van der Waals surface area contributed by atoms with Gasteiger partial charge in [-0.25, -0.2) is 8.42 Å². The number of thioether (sulfide) groups is 1. The zero-order valence-electron chi connectivity index (χ0n) is 19.3. The Balaban J connectivity index is 1.76. The number of anilines is 1. The molecule has 0 bridgehead atoms. The number of hydrogen-bond donors (Lipinski definition) is 1. The van der Waals surface area contributed by atoms with E-state index in [0.29, 0.717) is 29.5 Å². The molecule has 1 unspecified atom stereocenters. The van der Waals surface area contributed by atoms with Gasteiger partial charge >= 0.3 is 0 Å². The highest BCUT2D eigenvalue weighted by atomic mass is 32.2. The third-order valence-electron chi connectivity index (χ3n) is 5.15. The van der Waals surface area contributed by atoms with Crippen LogP contribution in [0, 0.1) is 13.8 Å². The summed E-state index contributed by atoms with van der Waals surface area (Å²) in [4.78, 5) is 13.0. The molecule has 0 aliphatic rings. The zero-order valence-corrected chi connectivity index (χ0v) is 20.9. The molecule has 9 nitrogen and oxygen atoms in total. The van der Waals surface area contributed by atoms with Crippen LogP contribution in [0.4, 0.5) is 5.69 Å². The number of aromatic nitrogens is 4. The van der Waals surface area contributed by atoms with Crippen LogP contribution in [-0.4, -0.2) is 57.2 Å². The van der Waals surface area contributed by atoms with Crippen LogP contribution in [0.15, 0.2) is 52.5 Å². The highest BCUT2D eigenvalue weighted by Gasteiger charge is 2.25. The first-order valence-corrected chi connectivity index (χ1v) is 12.9. The number of hydrogen-bond acceptors (Lipinski definition) is 7. The van der Waals surface area contributed by atoms with Crippen molar-refractivity contribution >= 4 is 33.4 Å². The second-order valence-corrected chi connectivity index (χ2v) is 10.7. The molecule has 1 atom stereocenters. The molecule has 11 heteroatoms.